The van der Waals surface area contributed by atoms with Gasteiger partial charge in [0.05, 0.1) is 4.92 Å². The highest BCUT2D eigenvalue weighted by molar-refractivity contribution is 5.85. The first-order valence-corrected chi connectivity index (χ1v) is 6.76. The fourth-order valence-corrected chi connectivity index (χ4v) is 2.07. The molecule has 0 saturated heterocycles. The Kier molecular flexibility index (Phi) is 4.73. The minimum Gasteiger partial charge on any atom is -0.370 e. The van der Waals surface area contributed by atoms with Gasteiger partial charge in [0.2, 0.25) is 5.91 Å². The number of amides is 1. The predicted molar refractivity (Wildman–Crippen MR) is 84.6 cm³/mol. The Morgan fingerprint density at radius 3 is 2.41 bits per heavy atom. The summed E-state index contributed by atoms with van der Waals surface area (Å²) in [4.78, 5) is 24.3. The van der Waals surface area contributed by atoms with Crippen LogP contribution >= 0.6 is 0 Å². The van der Waals surface area contributed by atoms with E-state index in [9.17, 15) is 14.9 Å². The fourth-order valence-electron chi connectivity index (χ4n) is 2.07. The van der Waals surface area contributed by atoms with Gasteiger partial charge in [0.1, 0.15) is 6.04 Å². The van der Waals surface area contributed by atoms with Crippen molar-refractivity contribution in [2.45, 2.75) is 6.04 Å². The van der Waals surface area contributed by atoms with Crippen molar-refractivity contribution in [3.8, 4) is 0 Å². The number of nitrogens with zero attached hydrogens (tertiary/aromatic N) is 2. The molecule has 0 spiro atoms. The summed E-state index contributed by atoms with van der Waals surface area (Å²) in [6, 6.07) is 14.8. The number of likely N-dealkylation sites (N-methyl/N-ethyl adjacent to an activating group) is 1. The number of carbonyl (C=O) groups excluding carboxylic acids is 1. The van der Waals surface area contributed by atoms with Crippen molar-refractivity contribution in [3.63, 3.8) is 0 Å². The van der Waals surface area contributed by atoms with Crippen LogP contribution in [0, 0.1) is 10.1 Å². The van der Waals surface area contributed by atoms with Gasteiger partial charge in [0.25, 0.3) is 5.69 Å². The first-order chi connectivity index (χ1) is 10.5. The van der Waals surface area contributed by atoms with Crippen LogP contribution in [-0.2, 0) is 4.79 Å². The van der Waals surface area contributed by atoms with Crippen LogP contribution < -0.4 is 5.32 Å². The van der Waals surface area contributed by atoms with Crippen molar-refractivity contribution in [2.75, 3.05) is 19.4 Å². The summed E-state index contributed by atoms with van der Waals surface area (Å²) in [5.74, 6) is -0.127. The summed E-state index contributed by atoms with van der Waals surface area (Å²) in [5, 5.41) is 13.9. The molecule has 2 aromatic rings. The number of nitro benzene ring substituents is 1. The largest absolute Gasteiger partial charge is 0.370 e. The lowest BCUT2D eigenvalue weighted by molar-refractivity contribution is -0.384. The van der Waals surface area contributed by atoms with Gasteiger partial charge < -0.3 is 10.2 Å². The van der Waals surface area contributed by atoms with Crippen molar-refractivity contribution >= 4 is 17.3 Å². The number of nitrogens with one attached hydrogen (secondary N) is 1. The van der Waals surface area contributed by atoms with Crippen LogP contribution in [0.5, 0.6) is 0 Å². The van der Waals surface area contributed by atoms with E-state index >= 15 is 0 Å². The van der Waals surface area contributed by atoms with Crippen molar-refractivity contribution in [3.05, 3.63) is 70.3 Å². The van der Waals surface area contributed by atoms with Crippen LogP contribution in [0.15, 0.2) is 54.6 Å². The Labute approximate surface area is 128 Å². The highest BCUT2D eigenvalue weighted by atomic mass is 16.6. The molecule has 1 N–H and O–H groups in total. The topological polar surface area (TPSA) is 75.5 Å². The minimum absolute atomic E-state index is 0.0193. The molecule has 0 aliphatic carbocycles. The van der Waals surface area contributed by atoms with Gasteiger partial charge in [-0.2, -0.15) is 0 Å². The smallest absolute Gasteiger partial charge is 0.271 e. The summed E-state index contributed by atoms with van der Waals surface area (Å²) in [5.41, 5.74) is 1.31. The average Bonchev–Trinajstić information content (AvgIpc) is 2.53. The molecule has 22 heavy (non-hydrogen) atoms. The van der Waals surface area contributed by atoms with E-state index in [1.54, 1.807) is 26.2 Å². The van der Waals surface area contributed by atoms with Crippen LogP contribution in [0.4, 0.5) is 11.4 Å². The SMILES string of the molecule is CN(C)C(=O)[C@H](Nc1cccc([N+](=O)[O-])c1)c1ccccc1. The Balaban J connectivity index is 2.33. The Morgan fingerprint density at radius 2 is 1.82 bits per heavy atom. The lowest BCUT2D eigenvalue weighted by Crippen LogP contribution is -2.32. The zero-order chi connectivity index (χ0) is 16.1. The number of carbonyl (C=O) groups is 1. The molecule has 0 saturated carbocycles. The molecule has 0 aromatic heterocycles. The van der Waals surface area contributed by atoms with E-state index in [2.05, 4.69) is 5.32 Å². The number of non-ortho nitro benzene ring substituents is 1. The lowest BCUT2D eigenvalue weighted by Gasteiger charge is -2.23. The highest BCUT2D eigenvalue weighted by Gasteiger charge is 2.22. The number of hydrogen-bond acceptors (Lipinski definition) is 4. The molecular weight excluding hydrogens is 282 g/mol. The van der Waals surface area contributed by atoms with Crippen molar-refractivity contribution in [2.24, 2.45) is 0 Å². The van der Waals surface area contributed by atoms with Gasteiger partial charge in [-0.05, 0) is 11.6 Å². The summed E-state index contributed by atoms with van der Waals surface area (Å²) in [6.45, 7) is 0. The molecule has 0 bridgehead atoms. The molecule has 114 valence electrons. The maximum absolute atomic E-state index is 12.4. The van der Waals surface area contributed by atoms with E-state index in [0.717, 1.165) is 5.56 Å². The first kappa shape index (κ1) is 15.5. The van der Waals surface area contributed by atoms with E-state index in [1.165, 1.54) is 17.0 Å². The Morgan fingerprint density at radius 1 is 1.14 bits per heavy atom. The summed E-state index contributed by atoms with van der Waals surface area (Å²) < 4.78 is 0. The predicted octanol–water partition coefficient (Wildman–Crippen LogP) is 2.84. The van der Waals surface area contributed by atoms with E-state index < -0.39 is 11.0 Å². The Hall–Kier alpha value is -2.89. The molecule has 1 atom stereocenters. The molecule has 0 unspecified atom stereocenters. The molecule has 0 radical (unpaired) electrons. The number of hydrogen-bond donors (Lipinski definition) is 1. The third kappa shape index (κ3) is 3.60. The summed E-state index contributed by atoms with van der Waals surface area (Å²) >= 11 is 0. The molecular formula is C16H17N3O3. The summed E-state index contributed by atoms with van der Waals surface area (Å²) in [7, 11) is 3.35. The van der Waals surface area contributed by atoms with Gasteiger partial charge in [-0.3, -0.25) is 14.9 Å². The number of nitro groups is 1. The third-order valence-electron chi connectivity index (χ3n) is 3.19. The fraction of sp³-hybridized carbons (Fsp3) is 0.188. The first-order valence-electron chi connectivity index (χ1n) is 6.76. The maximum atomic E-state index is 12.4. The maximum Gasteiger partial charge on any atom is 0.271 e. The van der Waals surface area contributed by atoms with E-state index in [-0.39, 0.29) is 11.6 Å². The molecule has 6 heteroatoms. The van der Waals surface area contributed by atoms with Crippen LogP contribution in [0.25, 0.3) is 0 Å². The molecule has 2 aromatic carbocycles. The number of rotatable bonds is 5. The zero-order valence-corrected chi connectivity index (χ0v) is 12.4. The van der Waals surface area contributed by atoms with Gasteiger partial charge in [0, 0.05) is 31.9 Å². The van der Waals surface area contributed by atoms with E-state index in [0.29, 0.717) is 5.69 Å². The van der Waals surface area contributed by atoms with Crippen molar-refractivity contribution in [1.29, 1.82) is 0 Å². The van der Waals surface area contributed by atoms with Gasteiger partial charge in [-0.15, -0.1) is 0 Å². The minimum atomic E-state index is -0.599. The van der Waals surface area contributed by atoms with Gasteiger partial charge in [-0.25, -0.2) is 0 Å². The third-order valence-corrected chi connectivity index (χ3v) is 3.19. The zero-order valence-electron chi connectivity index (χ0n) is 12.4. The molecule has 0 aliphatic heterocycles. The van der Waals surface area contributed by atoms with Gasteiger partial charge in [0.15, 0.2) is 0 Å². The Bertz CT molecular complexity index is 671. The van der Waals surface area contributed by atoms with Crippen LogP contribution in [-0.4, -0.2) is 29.8 Å². The van der Waals surface area contributed by atoms with E-state index in [1.807, 2.05) is 30.3 Å². The van der Waals surface area contributed by atoms with Crippen molar-refractivity contribution < 1.29 is 9.72 Å². The van der Waals surface area contributed by atoms with E-state index in [4.69, 9.17) is 0 Å². The van der Waals surface area contributed by atoms with Gasteiger partial charge >= 0.3 is 0 Å². The van der Waals surface area contributed by atoms with Gasteiger partial charge in [-0.1, -0.05) is 36.4 Å². The lowest BCUT2D eigenvalue weighted by atomic mass is 10.1. The average molecular weight is 299 g/mol. The molecule has 6 nitrogen and oxygen atoms in total. The number of benzene rings is 2. The van der Waals surface area contributed by atoms with Crippen LogP contribution in [0.1, 0.15) is 11.6 Å². The van der Waals surface area contributed by atoms with Crippen molar-refractivity contribution in [1.82, 2.24) is 4.90 Å². The molecule has 0 aliphatic rings. The van der Waals surface area contributed by atoms with Crippen LogP contribution in [0.3, 0.4) is 0 Å². The second kappa shape index (κ2) is 6.71. The molecule has 0 fully saturated rings. The quantitative estimate of drug-likeness (QED) is 0.680. The highest BCUT2D eigenvalue weighted by Crippen LogP contribution is 2.24. The monoisotopic (exact) mass is 299 g/mol. The second-order valence-corrected chi connectivity index (χ2v) is 5.03. The standard InChI is InChI=1S/C16H17N3O3/c1-18(2)16(20)15(12-7-4-3-5-8-12)17-13-9-6-10-14(11-13)19(21)22/h3-11,15,17H,1-2H3/t15-/m1/s1. The van der Waals surface area contributed by atoms with Crippen LogP contribution in [0.2, 0.25) is 0 Å². The molecule has 2 rings (SSSR count). The molecule has 1 amide bonds. The normalized spacial score (nSPS) is 11.5. The second-order valence-electron chi connectivity index (χ2n) is 5.03. The molecule has 0 heterocycles. The summed E-state index contributed by atoms with van der Waals surface area (Å²) in [6.07, 6.45) is 0. The number of anilines is 1.